The summed E-state index contributed by atoms with van der Waals surface area (Å²) in [6, 6.07) is 0. The van der Waals surface area contributed by atoms with Gasteiger partial charge in [-0.25, -0.2) is 9.78 Å². The van der Waals surface area contributed by atoms with Crippen molar-refractivity contribution in [2.75, 3.05) is 0 Å². The maximum absolute atomic E-state index is 10.5. The van der Waals surface area contributed by atoms with Crippen LogP contribution in [0.3, 0.4) is 0 Å². The molecule has 4 heteroatoms. The van der Waals surface area contributed by atoms with Gasteiger partial charge < -0.3 is 4.98 Å². The average Bonchev–Trinajstić information content (AvgIpc) is 2.43. The first-order valence-electron chi connectivity index (χ1n) is 2.43. The van der Waals surface area contributed by atoms with Crippen molar-refractivity contribution >= 4 is 10.9 Å². The SMILES string of the molecule is O=c1ncc2c(=O)c2[nH]1. The van der Waals surface area contributed by atoms with Crippen molar-refractivity contribution in [3.05, 3.63) is 26.9 Å². The quantitative estimate of drug-likeness (QED) is 0.495. The average molecular weight is 122 g/mol. The molecule has 0 atom stereocenters. The molecular weight excluding hydrogens is 120 g/mol. The fourth-order valence-corrected chi connectivity index (χ4v) is 0.694. The van der Waals surface area contributed by atoms with E-state index in [0.29, 0.717) is 10.9 Å². The highest BCUT2D eigenvalue weighted by Crippen LogP contribution is 2.03. The molecule has 0 aliphatic heterocycles. The lowest BCUT2D eigenvalue weighted by Gasteiger charge is -1.70. The molecule has 1 heterocycles. The Labute approximate surface area is 48.8 Å². The largest absolute Gasteiger partial charge is 0.345 e. The molecule has 1 aromatic carbocycles. The molecule has 1 aromatic heterocycles. The van der Waals surface area contributed by atoms with Gasteiger partial charge in [0.25, 0.3) is 0 Å². The van der Waals surface area contributed by atoms with Crippen LogP contribution >= 0.6 is 0 Å². The van der Waals surface area contributed by atoms with Gasteiger partial charge in [0.1, 0.15) is 5.52 Å². The lowest BCUT2D eigenvalue weighted by atomic mass is 10.7. The summed E-state index contributed by atoms with van der Waals surface area (Å²) in [4.78, 5) is 26.5. The third-order valence-electron chi connectivity index (χ3n) is 1.22. The van der Waals surface area contributed by atoms with Gasteiger partial charge in [0.15, 0.2) is 0 Å². The lowest BCUT2D eigenvalue weighted by molar-refractivity contribution is 1.13. The van der Waals surface area contributed by atoms with Crippen LogP contribution in [0.15, 0.2) is 15.8 Å². The second-order valence-electron chi connectivity index (χ2n) is 1.81. The van der Waals surface area contributed by atoms with Gasteiger partial charge in [0.2, 0.25) is 5.43 Å². The number of hydrogen-bond acceptors (Lipinski definition) is 3. The van der Waals surface area contributed by atoms with Crippen LogP contribution in [0.25, 0.3) is 10.9 Å². The topological polar surface area (TPSA) is 62.8 Å². The van der Waals surface area contributed by atoms with Gasteiger partial charge >= 0.3 is 5.69 Å². The van der Waals surface area contributed by atoms with E-state index in [9.17, 15) is 9.59 Å². The van der Waals surface area contributed by atoms with Crippen molar-refractivity contribution in [3.8, 4) is 0 Å². The standard InChI is InChI=1S/C5H2N2O2/c8-4-2-1-6-5(9)7-3(2)4/h1H,(H,6,7,9). The number of fused-ring (bicyclic) bond motifs is 1. The van der Waals surface area contributed by atoms with Crippen molar-refractivity contribution in [2.24, 2.45) is 0 Å². The fourth-order valence-electron chi connectivity index (χ4n) is 0.694. The maximum Gasteiger partial charge on any atom is 0.345 e. The molecule has 44 valence electrons. The zero-order chi connectivity index (χ0) is 6.43. The van der Waals surface area contributed by atoms with Crippen molar-refractivity contribution in [3.63, 3.8) is 0 Å². The second kappa shape index (κ2) is 1.10. The van der Waals surface area contributed by atoms with Crippen LogP contribution in [-0.4, -0.2) is 9.97 Å². The van der Waals surface area contributed by atoms with E-state index >= 15 is 0 Å². The van der Waals surface area contributed by atoms with E-state index in [1.54, 1.807) is 0 Å². The highest BCUT2D eigenvalue weighted by Gasteiger charge is 2.11. The number of rotatable bonds is 0. The normalized spacial score (nSPS) is 11.1. The maximum atomic E-state index is 10.5. The zero-order valence-electron chi connectivity index (χ0n) is 4.34. The first kappa shape index (κ1) is 4.43. The molecule has 0 aliphatic rings. The van der Waals surface area contributed by atoms with Crippen LogP contribution < -0.4 is 11.1 Å². The molecular formula is C5H2N2O2. The Balaban J connectivity index is 3.04. The van der Waals surface area contributed by atoms with Crippen molar-refractivity contribution in [2.45, 2.75) is 0 Å². The molecule has 0 spiro atoms. The van der Waals surface area contributed by atoms with Gasteiger partial charge in [0.05, 0.1) is 5.39 Å². The first-order chi connectivity index (χ1) is 4.29. The third-order valence-corrected chi connectivity index (χ3v) is 1.22. The molecule has 0 fully saturated rings. The van der Waals surface area contributed by atoms with Crippen LogP contribution in [0.4, 0.5) is 0 Å². The Bertz CT molecular complexity index is 417. The minimum atomic E-state index is -0.459. The predicted molar refractivity (Wildman–Crippen MR) is 31.0 cm³/mol. The summed E-state index contributed by atoms with van der Waals surface area (Å²) in [6.07, 6.45) is 1.29. The van der Waals surface area contributed by atoms with Crippen LogP contribution in [0.2, 0.25) is 0 Å². The van der Waals surface area contributed by atoms with Gasteiger partial charge in [0, 0.05) is 6.20 Å². The summed E-state index contributed by atoms with van der Waals surface area (Å²) < 4.78 is 0. The van der Waals surface area contributed by atoms with E-state index in [1.807, 2.05) is 0 Å². The molecule has 0 aliphatic carbocycles. The van der Waals surface area contributed by atoms with Gasteiger partial charge in [-0.2, -0.15) is 0 Å². The molecule has 1 N–H and O–H groups in total. The molecule has 0 amide bonds. The molecule has 0 saturated carbocycles. The highest BCUT2D eigenvalue weighted by atomic mass is 16.1. The van der Waals surface area contributed by atoms with E-state index in [2.05, 4.69) is 9.97 Å². The number of nitrogens with zero attached hydrogens (tertiary/aromatic N) is 1. The highest BCUT2D eigenvalue weighted by molar-refractivity contribution is 5.92. The first-order valence-corrected chi connectivity index (χ1v) is 2.43. The smallest absolute Gasteiger partial charge is 0.302 e. The van der Waals surface area contributed by atoms with E-state index in [4.69, 9.17) is 0 Å². The summed E-state index contributed by atoms with van der Waals surface area (Å²) in [7, 11) is 0. The number of hydrogen-bond donors (Lipinski definition) is 1. The Morgan fingerprint density at radius 3 is 2.78 bits per heavy atom. The molecule has 0 saturated heterocycles. The minimum absolute atomic E-state index is 0.0930. The molecule has 9 heavy (non-hydrogen) atoms. The molecule has 0 bridgehead atoms. The molecule has 2 aromatic rings. The summed E-state index contributed by atoms with van der Waals surface area (Å²) >= 11 is 0. The van der Waals surface area contributed by atoms with E-state index in [0.717, 1.165) is 0 Å². The van der Waals surface area contributed by atoms with Gasteiger partial charge in [-0.3, -0.25) is 4.79 Å². The van der Waals surface area contributed by atoms with Gasteiger partial charge in [-0.05, 0) is 0 Å². The number of aromatic nitrogens is 2. The minimum Gasteiger partial charge on any atom is -0.302 e. The summed E-state index contributed by atoms with van der Waals surface area (Å²) in [6.45, 7) is 0. The Morgan fingerprint density at radius 1 is 1.44 bits per heavy atom. The number of aromatic amines is 1. The van der Waals surface area contributed by atoms with Gasteiger partial charge in [-0.1, -0.05) is 0 Å². The molecule has 0 unspecified atom stereocenters. The number of nitrogens with one attached hydrogen (secondary N) is 1. The van der Waals surface area contributed by atoms with Crippen LogP contribution in [0, 0.1) is 0 Å². The van der Waals surface area contributed by atoms with Crippen molar-refractivity contribution < 1.29 is 0 Å². The Morgan fingerprint density at radius 2 is 2.22 bits per heavy atom. The summed E-state index contributed by atoms with van der Waals surface area (Å²) in [5.41, 5.74) is -0.140. The fraction of sp³-hybridized carbons (Fsp3) is 0. The Kier molecular flexibility index (Phi) is 0.541. The number of H-pyrrole nitrogens is 1. The van der Waals surface area contributed by atoms with E-state index in [-0.39, 0.29) is 5.43 Å². The summed E-state index contributed by atoms with van der Waals surface area (Å²) in [5, 5.41) is 0.537. The van der Waals surface area contributed by atoms with Crippen LogP contribution in [-0.2, 0) is 0 Å². The van der Waals surface area contributed by atoms with Crippen LogP contribution in [0.5, 0.6) is 0 Å². The van der Waals surface area contributed by atoms with E-state index < -0.39 is 5.69 Å². The van der Waals surface area contributed by atoms with E-state index in [1.165, 1.54) is 6.20 Å². The molecule has 4 nitrogen and oxygen atoms in total. The third kappa shape index (κ3) is 0.440. The van der Waals surface area contributed by atoms with Crippen molar-refractivity contribution in [1.82, 2.24) is 9.97 Å². The van der Waals surface area contributed by atoms with Crippen LogP contribution in [0.1, 0.15) is 0 Å². The van der Waals surface area contributed by atoms with Gasteiger partial charge in [-0.15, -0.1) is 0 Å². The lowest BCUT2D eigenvalue weighted by Crippen LogP contribution is -2.05. The second-order valence-corrected chi connectivity index (χ2v) is 1.81. The molecule has 0 radical (unpaired) electrons. The molecule has 2 rings (SSSR count). The zero-order valence-corrected chi connectivity index (χ0v) is 4.34. The summed E-state index contributed by atoms with van der Waals surface area (Å²) in [5.74, 6) is 0. The Hall–Kier alpha value is -1.45. The van der Waals surface area contributed by atoms with Crippen molar-refractivity contribution in [1.29, 1.82) is 0 Å². The monoisotopic (exact) mass is 122 g/mol. The predicted octanol–water partition coefficient (Wildman–Crippen LogP) is -0.841.